The zero-order valence-corrected chi connectivity index (χ0v) is 14.4. The first-order valence-electron chi connectivity index (χ1n) is 7.59. The molecule has 3 rings (SSSR count). The normalized spacial score (nSPS) is 19.8. The van der Waals surface area contributed by atoms with Gasteiger partial charge in [0.05, 0.1) is 10.5 Å². The van der Waals surface area contributed by atoms with Crippen molar-refractivity contribution in [1.29, 1.82) is 0 Å². The van der Waals surface area contributed by atoms with Crippen LogP contribution in [0.25, 0.3) is 0 Å². The first-order chi connectivity index (χ1) is 10.2. The average Bonchev–Trinajstić information content (AvgIpc) is 2.43. The monoisotopic (exact) mass is 363 g/mol. The topological polar surface area (TPSA) is 78.6 Å². The molecule has 0 unspecified atom stereocenters. The highest BCUT2D eigenvalue weighted by Gasteiger charge is 2.37. The predicted octanol–water partition coefficient (Wildman–Crippen LogP) is 2.89. The van der Waals surface area contributed by atoms with Crippen molar-refractivity contribution < 1.29 is 10.0 Å². The SMILES string of the molecule is Cl.Cl.O=[N+]([O-])c1ccc(O)cc1[C@@H](C1CCC1)N1CCNCC1. The number of benzene rings is 1. The highest BCUT2D eigenvalue weighted by Crippen LogP contribution is 2.44. The molecule has 0 amide bonds. The number of nitrogens with one attached hydrogen (secondary N) is 1. The van der Waals surface area contributed by atoms with Crippen LogP contribution in [0.2, 0.25) is 0 Å². The fourth-order valence-electron chi connectivity index (χ4n) is 3.41. The fraction of sp³-hybridized carbons (Fsp3) is 0.600. The number of nitrogens with zero attached hydrogens (tertiary/aromatic N) is 2. The summed E-state index contributed by atoms with van der Waals surface area (Å²) in [4.78, 5) is 13.3. The van der Waals surface area contributed by atoms with Gasteiger partial charge in [0, 0.05) is 38.3 Å². The molecule has 1 saturated carbocycles. The van der Waals surface area contributed by atoms with Crippen LogP contribution in [-0.2, 0) is 0 Å². The Morgan fingerprint density at radius 1 is 1.26 bits per heavy atom. The molecule has 1 atom stereocenters. The van der Waals surface area contributed by atoms with Crippen molar-refractivity contribution in [3.05, 3.63) is 33.9 Å². The Hall–Kier alpha value is -1.08. The Kier molecular flexibility index (Phi) is 7.54. The van der Waals surface area contributed by atoms with E-state index in [1.165, 1.54) is 18.6 Å². The van der Waals surface area contributed by atoms with Gasteiger partial charge >= 0.3 is 0 Å². The zero-order chi connectivity index (χ0) is 14.8. The minimum absolute atomic E-state index is 0. The summed E-state index contributed by atoms with van der Waals surface area (Å²) in [6.45, 7) is 3.62. The number of hydrogen-bond acceptors (Lipinski definition) is 5. The zero-order valence-electron chi connectivity index (χ0n) is 12.8. The maximum absolute atomic E-state index is 11.3. The van der Waals surface area contributed by atoms with Crippen LogP contribution in [0.4, 0.5) is 5.69 Å². The molecule has 1 aliphatic heterocycles. The van der Waals surface area contributed by atoms with Gasteiger partial charge in [-0.2, -0.15) is 0 Å². The number of nitro groups is 1. The van der Waals surface area contributed by atoms with Gasteiger partial charge in [0.15, 0.2) is 0 Å². The molecule has 130 valence electrons. The molecule has 0 radical (unpaired) electrons. The first-order valence-corrected chi connectivity index (χ1v) is 7.59. The van der Waals surface area contributed by atoms with Crippen LogP contribution in [0, 0.1) is 16.0 Å². The molecule has 2 fully saturated rings. The lowest BCUT2D eigenvalue weighted by Crippen LogP contribution is -2.48. The van der Waals surface area contributed by atoms with Crippen molar-refractivity contribution in [2.45, 2.75) is 25.3 Å². The second-order valence-electron chi connectivity index (χ2n) is 5.92. The number of rotatable bonds is 4. The Bertz CT molecular complexity index is 535. The minimum Gasteiger partial charge on any atom is -0.508 e. The van der Waals surface area contributed by atoms with E-state index in [2.05, 4.69) is 10.2 Å². The number of phenolic OH excluding ortho intramolecular Hbond substituents is 1. The molecule has 0 aromatic heterocycles. The molecule has 1 aromatic rings. The molecule has 8 heteroatoms. The van der Waals surface area contributed by atoms with Crippen molar-refractivity contribution in [2.75, 3.05) is 26.2 Å². The summed E-state index contributed by atoms with van der Waals surface area (Å²) in [6, 6.07) is 4.46. The number of halogens is 2. The molecule has 0 spiro atoms. The van der Waals surface area contributed by atoms with Gasteiger partial charge in [0.25, 0.3) is 5.69 Å². The van der Waals surface area contributed by atoms with E-state index >= 15 is 0 Å². The summed E-state index contributed by atoms with van der Waals surface area (Å²) in [5.41, 5.74) is 0.801. The summed E-state index contributed by atoms with van der Waals surface area (Å²) < 4.78 is 0. The highest BCUT2D eigenvalue weighted by atomic mass is 35.5. The molecule has 1 aliphatic carbocycles. The number of hydrogen-bond donors (Lipinski definition) is 2. The van der Waals surface area contributed by atoms with Crippen molar-refractivity contribution in [1.82, 2.24) is 10.2 Å². The van der Waals surface area contributed by atoms with E-state index in [4.69, 9.17) is 0 Å². The van der Waals surface area contributed by atoms with E-state index in [0.29, 0.717) is 11.5 Å². The largest absolute Gasteiger partial charge is 0.508 e. The molecule has 1 heterocycles. The maximum Gasteiger partial charge on any atom is 0.274 e. The van der Waals surface area contributed by atoms with E-state index in [-0.39, 0.29) is 47.2 Å². The first kappa shape index (κ1) is 20.0. The molecule has 0 bridgehead atoms. The Morgan fingerprint density at radius 2 is 1.91 bits per heavy atom. The second kappa shape index (κ2) is 8.68. The maximum atomic E-state index is 11.3. The van der Waals surface area contributed by atoms with Gasteiger partial charge in [0.1, 0.15) is 5.75 Å². The minimum atomic E-state index is -0.331. The van der Waals surface area contributed by atoms with Crippen LogP contribution in [0.3, 0.4) is 0 Å². The third-order valence-corrected chi connectivity index (χ3v) is 4.67. The van der Waals surface area contributed by atoms with Gasteiger partial charge in [-0.1, -0.05) is 6.42 Å². The van der Waals surface area contributed by atoms with Crippen LogP contribution in [0.5, 0.6) is 5.75 Å². The summed E-state index contributed by atoms with van der Waals surface area (Å²) in [5, 5.41) is 24.4. The standard InChI is InChI=1S/C15H21N3O3.2ClH/c19-12-4-5-14(18(20)21)13(10-12)15(11-2-1-3-11)17-8-6-16-7-9-17;;/h4-5,10-11,15-16,19H,1-3,6-9H2;2*1H/t15-;;/m1../s1. The van der Waals surface area contributed by atoms with Crippen molar-refractivity contribution in [3.8, 4) is 5.75 Å². The molecule has 1 saturated heterocycles. The smallest absolute Gasteiger partial charge is 0.274 e. The molecule has 2 aliphatic rings. The van der Waals surface area contributed by atoms with E-state index in [9.17, 15) is 15.2 Å². The third kappa shape index (κ3) is 4.26. The second-order valence-corrected chi connectivity index (χ2v) is 5.92. The molecule has 1 aromatic carbocycles. The van der Waals surface area contributed by atoms with Crippen molar-refractivity contribution in [3.63, 3.8) is 0 Å². The van der Waals surface area contributed by atoms with Gasteiger partial charge in [-0.25, -0.2) is 0 Å². The van der Waals surface area contributed by atoms with Gasteiger partial charge in [-0.3, -0.25) is 15.0 Å². The highest BCUT2D eigenvalue weighted by molar-refractivity contribution is 5.85. The predicted molar refractivity (Wildman–Crippen MR) is 93.8 cm³/mol. The van der Waals surface area contributed by atoms with E-state index < -0.39 is 0 Å². The van der Waals surface area contributed by atoms with Gasteiger partial charge < -0.3 is 10.4 Å². The Morgan fingerprint density at radius 3 is 2.43 bits per heavy atom. The lowest BCUT2D eigenvalue weighted by Gasteiger charge is -2.43. The molecule has 6 nitrogen and oxygen atoms in total. The lowest BCUT2D eigenvalue weighted by molar-refractivity contribution is -0.386. The summed E-state index contributed by atoms with van der Waals surface area (Å²) in [6.07, 6.45) is 3.42. The van der Waals surface area contributed by atoms with Crippen LogP contribution >= 0.6 is 24.8 Å². The van der Waals surface area contributed by atoms with Crippen LogP contribution < -0.4 is 5.32 Å². The summed E-state index contributed by atoms with van der Waals surface area (Å²) in [5.74, 6) is 0.568. The van der Waals surface area contributed by atoms with Gasteiger partial charge in [0.2, 0.25) is 0 Å². The average molecular weight is 364 g/mol. The Labute approximate surface area is 148 Å². The summed E-state index contributed by atoms with van der Waals surface area (Å²) >= 11 is 0. The third-order valence-electron chi connectivity index (χ3n) is 4.67. The Balaban J connectivity index is 0.00000132. The number of nitro benzene ring substituents is 1. The molecular formula is C15H23Cl2N3O3. The van der Waals surface area contributed by atoms with Crippen LogP contribution in [0.15, 0.2) is 18.2 Å². The van der Waals surface area contributed by atoms with Crippen LogP contribution in [0.1, 0.15) is 30.9 Å². The van der Waals surface area contributed by atoms with E-state index in [1.807, 2.05) is 0 Å². The number of piperazine rings is 1. The lowest BCUT2D eigenvalue weighted by atomic mass is 9.76. The quantitative estimate of drug-likeness (QED) is 0.635. The van der Waals surface area contributed by atoms with Gasteiger partial charge in [-0.05, 0) is 30.9 Å². The number of phenols is 1. The molecule has 23 heavy (non-hydrogen) atoms. The number of aromatic hydroxyl groups is 1. The molecular weight excluding hydrogens is 341 g/mol. The van der Waals surface area contributed by atoms with Gasteiger partial charge in [-0.15, -0.1) is 24.8 Å². The van der Waals surface area contributed by atoms with E-state index in [0.717, 1.165) is 39.0 Å². The summed E-state index contributed by atoms with van der Waals surface area (Å²) in [7, 11) is 0. The fourth-order valence-corrected chi connectivity index (χ4v) is 3.41. The molecule has 2 N–H and O–H groups in total. The van der Waals surface area contributed by atoms with E-state index in [1.54, 1.807) is 6.07 Å². The van der Waals surface area contributed by atoms with Crippen molar-refractivity contribution in [2.24, 2.45) is 5.92 Å². The van der Waals surface area contributed by atoms with Crippen LogP contribution in [-0.4, -0.2) is 41.1 Å². The van der Waals surface area contributed by atoms with Crippen molar-refractivity contribution >= 4 is 30.5 Å².